The van der Waals surface area contributed by atoms with Gasteiger partial charge in [0.1, 0.15) is 6.54 Å². The van der Waals surface area contributed by atoms with Gasteiger partial charge >= 0.3 is 5.97 Å². The van der Waals surface area contributed by atoms with Crippen molar-refractivity contribution in [1.82, 2.24) is 4.90 Å². The average Bonchev–Trinajstić information content (AvgIpc) is 2.25. The first-order valence-corrected chi connectivity index (χ1v) is 6.19. The third-order valence-electron chi connectivity index (χ3n) is 3.33. The van der Waals surface area contributed by atoms with Gasteiger partial charge in [-0.15, -0.1) is 0 Å². The van der Waals surface area contributed by atoms with Crippen LogP contribution in [0.25, 0.3) is 0 Å². The minimum atomic E-state index is -0.959. The van der Waals surface area contributed by atoms with Crippen molar-refractivity contribution in [2.24, 2.45) is 11.7 Å². The lowest BCUT2D eigenvalue weighted by molar-refractivity contribution is -0.148. The molecule has 17 heavy (non-hydrogen) atoms. The van der Waals surface area contributed by atoms with Gasteiger partial charge in [0.05, 0.1) is 0 Å². The summed E-state index contributed by atoms with van der Waals surface area (Å²) in [6.45, 7) is 3.48. The second-order valence-corrected chi connectivity index (χ2v) is 5.07. The molecule has 0 bridgehead atoms. The number of carbonyl (C=O) groups excluding carboxylic acids is 1. The van der Waals surface area contributed by atoms with Gasteiger partial charge in [-0.1, -0.05) is 0 Å². The summed E-state index contributed by atoms with van der Waals surface area (Å²) in [5.74, 6) is -1.04. The Morgan fingerprint density at radius 3 is 2.24 bits per heavy atom. The lowest BCUT2D eigenvalue weighted by atomic mass is 9.85. The summed E-state index contributed by atoms with van der Waals surface area (Å²) >= 11 is 0. The van der Waals surface area contributed by atoms with Gasteiger partial charge in [-0.2, -0.15) is 0 Å². The summed E-state index contributed by atoms with van der Waals surface area (Å²) in [6, 6.07) is 0.125. The van der Waals surface area contributed by atoms with Gasteiger partial charge < -0.3 is 15.7 Å². The van der Waals surface area contributed by atoms with Crippen molar-refractivity contribution < 1.29 is 14.7 Å². The molecule has 0 heterocycles. The number of hydrogen-bond acceptors (Lipinski definition) is 3. The number of nitrogens with two attached hydrogens (primary N) is 1. The van der Waals surface area contributed by atoms with Crippen molar-refractivity contribution in [2.45, 2.75) is 51.6 Å². The molecule has 98 valence electrons. The van der Waals surface area contributed by atoms with Gasteiger partial charge in [0.15, 0.2) is 0 Å². The standard InChI is InChI=1S/C12H22N2O3/c1-8(2)14(7-11(15)16)12(17)9-3-5-10(13)6-4-9/h8-10H,3-7,13H2,1-2H3,(H,15,16). The normalized spacial score (nSPS) is 24.7. The molecule has 1 rings (SSSR count). The molecule has 0 spiro atoms. The molecule has 0 aromatic heterocycles. The first-order chi connectivity index (χ1) is 7.91. The van der Waals surface area contributed by atoms with Crippen LogP contribution in [0.3, 0.4) is 0 Å². The van der Waals surface area contributed by atoms with E-state index < -0.39 is 5.97 Å². The maximum atomic E-state index is 12.2. The molecule has 1 saturated carbocycles. The van der Waals surface area contributed by atoms with E-state index in [0.29, 0.717) is 0 Å². The summed E-state index contributed by atoms with van der Waals surface area (Å²) in [5.41, 5.74) is 5.79. The fraction of sp³-hybridized carbons (Fsp3) is 0.833. The first-order valence-electron chi connectivity index (χ1n) is 6.19. The Hall–Kier alpha value is -1.10. The zero-order chi connectivity index (χ0) is 13.0. The molecule has 1 amide bonds. The predicted molar refractivity (Wildman–Crippen MR) is 64.4 cm³/mol. The highest BCUT2D eigenvalue weighted by Crippen LogP contribution is 2.25. The highest BCUT2D eigenvalue weighted by molar-refractivity contribution is 5.83. The van der Waals surface area contributed by atoms with Crippen LogP contribution in [0.15, 0.2) is 0 Å². The van der Waals surface area contributed by atoms with Crippen LogP contribution in [0.5, 0.6) is 0 Å². The van der Waals surface area contributed by atoms with Gasteiger partial charge in [0.2, 0.25) is 5.91 Å². The Morgan fingerprint density at radius 2 is 1.82 bits per heavy atom. The summed E-state index contributed by atoms with van der Waals surface area (Å²) in [4.78, 5) is 24.4. The zero-order valence-electron chi connectivity index (χ0n) is 10.6. The number of nitrogens with zero attached hydrogens (tertiary/aromatic N) is 1. The van der Waals surface area contributed by atoms with Crippen LogP contribution in [0.2, 0.25) is 0 Å². The van der Waals surface area contributed by atoms with E-state index in [1.807, 2.05) is 13.8 Å². The van der Waals surface area contributed by atoms with Crippen molar-refractivity contribution in [1.29, 1.82) is 0 Å². The summed E-state index contributed by atoms with van der Waals surface area (Å²) < 4.78 is 0. The molecule has 0 aromatic carbocycles. The number of hydrogen-bond donors (Lipinski definition) is 2. The molecule has 0 radical (unpaired) electrons. The maximum absolute atomic E-state index is 12.2. The minimum absolute atomic E-state index is 0.0331. The highest BCUT2D eigenvalue weighted by Gasteiger charge is 2.30. The average molecular weight is 242 g/mol. The number of carbonyl (C=O) groups is 2. The van der Waals surface area contributed by atoms with Crippen molar-refractivity contribution >= 4 is 11.9 Å². The number of carboxylic acids is 1. The highest BCUT2D eigenvalue weighted by atomic mass is 16.4. The molecule has 1 aliphatic rings. The Balaban J connectivity index is 2.61. The van der Waals surface area contributed by atoms with Crippen LogP contribution in [-0.4, -0.2) is 40.5 Å². The molecule has 1 fully saturated rings. The summed E-state index contributed by atoms with van der Waals surface area (Å²) in [5, 5.41) is 8.81. The van der Waals surface area contributed by atoms with Crippen LogP contribution < -0.4 is 5.73 Å². The van der Waals surface area contributed by atoms with E-state index in [-0.39, 0.29) is 30.5 Å². The van der Waals surface area contributed by atoms with Crippen LogP contribution in [0, 0.1) is 5.92 Å². The molecule has 5 heteroatoms. The molecule has 0 aromatic rings. The molecule has 3 N–H and O–H groups in total. The lowest BCUT2D eigenvalue weighted by Crippen LogP contribution is -2.45. The molecule has 1 aliphatic carbocycles. The molecular weight excluding hydrogens is 220 g/mol. The fourth-order valence-corrected chi connectivity index (χ4v) is 2.26. The Kier molecular flexibility index (Phi) is 4.93. The Bertz CT molecular complexity index is 283. The number of aliphatic carboxylic acids is 1. The predicted octanol–water partition coefficient (Wildman–Crippen LogP) is 0.825. The van der Waals surface area contributed by atoms with Crippen LogP contribution in [0.4, 0.5) is 0 Å². The van der Waals surface area contributed by atoms with Gasteiger partial charge in [-0.3, -0.25) is 9.59 Å². The third kappa shape index (κ3) is 4.00. The Morgan fingerprint density at radius 1 is 1.29 bits per heavy atom. The van der Waals surface area contributed by atoms with Gasteiger partial charge in [0.25, 0.3) is 0 Å². The minimum Gasteiger partial charge on any atom is -0.480 e. The van der Waals surface area contributed by atoms with E-state index in [0.717, 1.165) is 25.7 Å². The monoisotopic (exact) mass is 242 g/mol. The van der Waals surface area contributed by atoms with E-state index in [1.54, 1.807) is 0 Å². The molecule has 0 aliphatic heterocycles. The van der Waals surface area contributed by atoms with Crippen LogP contribution >= 0.6 is 0 Å². The van der Waals surface area contributed by atoms with Crippen molar-refractivity contribution in [3.63, 3.8) is 0 Å². The molecule has 0 saturated heterocycles. The fourth-order valence-electron chi connectivity index (χ4n) is 2.26. The number of rotatable bonds is 4. The van der Waals surface area contributed by atoms with Crippen molar-refractivity contribution in [2.75, 3.05) is 6.54 Å². The number of amides is 1. The van der Waals surface area contributed by atoms with Crippen LogP contribution in [-0.2, 0) is 9.59 Å². The van der Waals surface area contributed by atoms with Gasteiger partial charge in [0, 0.05) is 18.0 Å². The SMILES string of the molecule is CC(C)N(CC(=O)O)C(=O)C1CCC(N)CC1. The summed E-state index contributed by atoms with van der Waals surface area (Å²) in [7, 11) is 0. The van der Waals surface area contributed by atoms with Gasteiger partial charge in [-0.25, -0.2) is 0 Å². The molecule has 5 nitrogen and oxygen atoms in total. The smallest absolute Gasteiger partial charge is 0.323 e. The van der Waals surface area contributed by atoms with E-state index in [4.69, 9.17) is 10.8 Å². The lowest BCUT2D eigenvalue weighted by Gasteiger charge is -2.32. The van der Waals surface area contributed by atoms with Crippen LogP contribution in [0.1, 0.15) is 39.5 Å². The molecule has 0 atom stereocenters. The quantitative estimate of drug-likeness (QED) is 0.764. The zero-order valence-corrected chi connectivity index (χ0v) is 10.6. The van der Waals surface area contributed by atoms with Gasteiger partial charge in [-0.05, 0) is 39.5 Å². The van der Waals surface area contributed by atoms with Crippen molar-refractivity contribution in [3.8, 4) is 0 Å². The molecular formula is C12H22N2O3. The topological polar surface area (TPSA) is 83.6 Å². The van der Waals surface area contributed by atoms with E-state index in [1.165, 1.54) is 4.90 Å². The first kappa shape index (κ1) is 14.0. The third-order valence-corrected chi connectivity index (χ3v) is 3.33. The van der Waals surface area contributed by atoms with E-state index in [9.17, 15) is 9.59 Å². The van der Waals surface area contributed by atoms with E-state index >= 15 is 0 Å². The second-order valence-electron chi connectivity index (χ2n) is 5.07. The largest absolute Gasteiger partial charge is 0.480 e. The Labute approximate surface area is 102 Å². The summed E-state index contributed by atoms with van der Waals surface area (Å²) in [6.07, 6.45) is 3.27. The van der Waals surface area contributed by atoms with Crippen molar-refractivity contribution in [3.05, 3.63) is 0 Å². The maximum Gasteiger partial charge on any atom is 0.323 e. The number of carboxylic acid groups (broad SMARTS) is 1. The molecule has 0 unspecified atom stereocenters. The second kappa shape index (κ2) is 6.00. The van der Waals surface area contributed by atoms with E-state index in [2.05, 4.69) is 0 Å².